The van der Waals surface area contributed by atoms with Crippen LogP contribution in [0.25, 0.3) is 11.8 Å². The minimum Gasteiger partial charge on any atom is -0.494 e. The average Bonchev–Trinajstić information content (AvgIpc) is 2.84. The zero-order valence-corrected chi connectivity index (χ0v) is 22.0. The van der Waals surface area contributed by atoms with E-state index >= 15 is 0 Å². The molecule has 0 spiro atoms. The van der Waals surface area contributed by atoms with Crippen molar-refractivity contribution in [1.82, 2.24) is 14.5 Å². The molecule has 1 aliphatic rings. The lowest BCUT2D eigenvalue weighted by atomic mass is 9.97. The van der Waals surface area contributed by atoms with Gasteiger partial charge in [-0.2, -0.15) is 0 Å². The smallest absolute Gasteiger partial charge is 0.410 e. The Morgan fingerprint density at radius 2 is 1.78 bits per heavy atom. The number of ether oxygens (including phenoxy) is 2. The SMILES string of the molecule is CC(C)(C)OC(=O)N1CCCC(C=Cc2c(O)n(-c3ccc(Oc4ccccc4)cc3)c(=S)[nH]c2=O)C1. The van der Waals surface area contributed by atoms with Crippen LogP contribution in [-0.2, 0) is 4.74 Å². The summed E-state index contributed by atoms with van der Waals surface area (Å²) in [5, 5.41) is 11.0. The number of hydrogen-bond donors (Lipinski definition) is 2. The topological polar surface area (TPSA) is 96.8 Å². The highest BCUT2D eigenvalue weighted by molar-refractivity contribution is 7.71. The summed E-state index contributed by atoms with van der Waals surface area (Å²) < 4.78 is 12.8. The van der Waals surface area contributed by atoms with Gasteiger partial charge in [0.05, 0.1) is 11.3 Å². The summed E-state index contributed by atoms with van der Waals surface area (Å²) in [6.45, 7) is 6.61. The van der Waals surface area contributed by atoms with E-state index in [-0.39, 0.29) is 28.2 Å². The molecule has 2 aromatic carbocycles. The first-order valence-corrected chi connectivity index (χ1v) is 12.6. The fourth-order valence-corrected chi connectivity index (χ4v) is 4.39. The van der Waals surface area contributed by atoms with Crippen LogP contribution < -0.4 is 10.3 Å². The maximum absolute atomic E-state index is 12.7. The van der Waals surface area contributed by atoms with Crippen LogP contribution in [0.5, 0.6) is 17.4 Å². The molecule has 37 heavy (non-hydrogen) atoms. The normalized spacial score (nSPS) is 16.1. The molecule has 1 amide bonds. The summed E-state index contributed by atoms with van der Waals surface area (Å²) in [7, 11) is 0. The standard InChI is InChI=1S/C28H31N3O5S/c1-28(2,3)36-27(34)30-17-7-8-19(18-30)11-16-23-24(32)29-26(37)31(25(23)33)20-12-14-22(15-13-20)35-21-9-5-4-6-10-21/h4-6,9-16,19,33H,7-8,17-18H2,1-3H3,(H,29,32,37). The maximum Gasteiger partial charge on any atom is 0.410 e. The van der Waals surface area contributed by atoms with Gasteiger partial charge >= 0.3 is 6.09 Å². The lowest BCUT2D eigenvalue weighted by Crippen LogP contribution is -2.42. The third-order valence-electron chi connectivity index (χ3n) is 5.84. The summed E-state index contributed by atoms with van der Waals surface area (Å²) in [5.74, 6) is 1.09. The van der Waals surface area contributed by atoms with E-state index < -0.39 is 11.2 Å². The van der Waals surface area contributed by atoms with Crippen molar-refractivity contribution in [2.75, 3.05) is 13.1 Å². The van der Waals surface area contributed by atoms with Gasteiger partial charge in [0.2, 0.25) is 5.88 Å². The number of nitrogens with zero attached hydrogens (tertiary/aromatic N) is 2. The van der Waals surface area contributed by atoms with Gasteiger partial charge in [-0.15, -0.1) is 0 Å². The molecule has 1 unspecified atom stereocenters. The molecule has 4 rings (SSSR count). The Labute approximate surface area is 220 Å². The fourth-order valence-electron chi connectivity index (χ4n) is 4.11. The number of para-hydroxylation sites is 1. The van der Waals surface area contributed by atoms with Gasteiger partial charge in [-0.1, -0.05) is 24.3 Å². The van der Waals surface area contributed by atoms with E-state index in [1.807, 2.05) is 57.2 Å². The second-order valence-corrected chi connectivity index (χ2v) is 10.3. The second-order valence-electron chi connectivity index (χ2n) is 9.93. The highest BCUT2D eigenvalue weighted by Crippen LogP contribution is 2.26. The van der Waals surface area contributed by atoms with Crippen LogP contribution >= 0.6 is 12.2 Å². The van der Waals surface area contributed by atoms with Crippen LogP contribution in [0.2, 0.25) is 0 Å². The molecule has 9 heteroatoms. The highest BCUT2D eigenvalue weighted by Gasteiger charge is 2.26. The van der Waals surface area contributed by atoms with Crippen molar-refractivity contribution in [3.8, 4) is 23.1 Å². The van der Waals surface area contributed by atoms with Crippen LogP contribution in [0.1, 0.15) is 39.2 Å². The van der Waals surface area contributed by atoms with Gasteiger partial charge in [-0.25, -0.2) is 4.79 Å². The Morgan fingerprint density at radius 3 is 2.46 bits per heavy atom. The van der Waals surface area contributed by atoms with Crippen molar-refractivity contribution in [2.45, 2.75) is 39.2 Å². The second kappa shape index (κ2) is 11.0. The van der Waals surface area contributed by atoms with Crippen molar-refractivity contribution < 1.29 is 19.4 Å². The number of hydrogen-bond acceptors (Lipinski definition) is 6. The summed E-state index contributed by atoms with van der Waals surface area (Å²) in [6.07, 6.45) is 4.77. The largest absolute Gasteiger partial charge is 0.494 e. The molecule has 0 saturated carbocycles. The third-order valence-corrected chi connectivity index (χ3v) is 6.12. The number of carbonyl (C=O) groups is 1. The number of nitrogens with one attached hydrogen (secondary N) is 1. The Morgan fingerprint density at radius 1 is 1.11 bits per heavy atom. The van der Waals surface area contributed by atoms with Gasteiger partial charge in [0.15, 0.2) is 4.77 Å². The van der Waals surface area contributed by atoms with Gasteiger partial charge in [-0.3, -0.25) is 14.3 Å². The number of benzene rings is 2. The number of aromatic amines is 1. The van der Waals surface area contributed by atoms with Gasteiger partial charge < -0.3 is 19.5 Å². The lowest BCUT2D eigenvalue weighted by Gasteiger charge is -2.33. The van der Waals surface area contributed by atoms with E-state index in [1.54, 1.807) is 35.2 Å². The molecular formula is C28H31N3O5S. The van der Waals surface area contributed by atoms with E-state index in [2.05, 4.69) is 4.98 Å². The van der Waals surface area contributed by atoms with Crippen molar-refractivity contribution in [2.24, 2.45) is 5.92 Å². The Bertz CT molecular complexity index is 1390. The Kier molecular flexibility index (Phi) is 7.83. The molecule has 1 fully saturated rings. The third kappa shape index (κ3) is 6.68. The molecule has 0 aliphatic carbocycles. The number of carbonyl (C=O) groups excluding carboxylic acids is 1. The van der Waals surface area contributed by atoms with Crippen LogP contribution in [0, 0.1) is 10.7 Å². The minimum atomic E-state index is -0.565. The molecule has 1 atom stereocenters. The monoisotopic (exact) mass is 521 g/mol. The molecule has 0 radical (unpaired) electrons. The number of likely N-dealkylation sites (tertiary alicyclic amines) is 1. The molecule has 2 heterocycles. The van der Waals surface area contributed by atoms with Gasteiger partial charge in [0.25, 0.3) is 5.56 Å². The van der Waals surface area contributed by atoms with E-state index in [4.69, 9.17) is 21.7 Å². The molecule has 194 valence electrons. The van der Waals surface area contributed by atoms with Crippen LogP contribution in [-0.4, -0.2) is 44.3 Å². The zero-order valence-electron chi connectivity index (χ0n) is 21.1. The number of piperidine rings is 1. The number of H-pyrrole nitrogens is 1. The van der Waals surface area contributed by atoms with Crippen molar-refractivity contribution >= 4 is 24.4 Å². The predicted octanol–water partition coefficient (Wildman–Crippen LogP) is 6.05. The Hall–Kier alpha value is -3.85. The minimum absolute atomic E-state index is 0.0196. The quantitative estimate of drug-likeness (QED) is 0.397. The Balaban J connectivity index is 1.54. The van der Waals surface area contributed by atoms with Crippen molar-refractivity contribution in [3.63, 3.8) is 0 Å². The first-order valence-electron chi connectivity index (χ1n) is 12.2. The zero-order chi connectivity index (χ0) is 26.6. The molecule has 3 aromatic rings. The predicted molar refractivity (Wildman–Crippen MR) is 145 cm³/mol. The number of amides is 1. The summed E-state index contributed by atoms with van der Waals surface area (Å²) in [4.78, 5) is 29.4. The number of rotatable bonds is 5. The van der Waals surface area contributed by atoms with E-state index in [0.29, 0.717) is 30.3 Å². The van der Waals surface area contributed by atoms with Gasteiger partial charge in [0, 0.05) is 13.1 Å². The molecule has 0 bridgehead atoms. The first kappa shape index (κ1) is 26.2. The van der Waals surface area contributed by atoms with Gasteiger partial charge in [0.1, 0.15) is 17.1 Å². The number of aromatic nitrogens is 2. The van der Waals surface area contributed by atoms with E-state index in [9.17, 15) is 14.7 Å². The van der Waals surface area contributed by atoms with E-state index in [0.717, 1.165) is 12.8 Å². The van der Waals surface area contributed by atoms with Gasteiger partial charge in [-0.05, 0) is 94.2 Å². The summed E-state index contributed by atoms with van der Waals surface area (Å²) in [6, 6.07) is 16.4. The molecule has 8 nitrogen and oxygen atoms in total. The van der Waals surface area contributed by atoms with Crippen molar-refractivity contribution in [3.05, 3.63) is 81.4 Å². The summed E-state index contributed by atoms with van der Waals surface area (Å²) in [5.41, 5.74) is -0.390. The molecule has 2 N–H and O–H groups in total. The fraction of sp³-hybridized carbons (Fsp3) is 0.321. The number of aromatic hydroxyl groups is 1. The molecule has 1 aromatic heterocycles. The lowest BCUT2D eigenvalue weighted by molar-refractivity contribution is 0.0187. The van der Waals surface area contributed by atoms with Crippen LogP contribution in [0.3, 0.4) is 0 Å². The molecule has 1 aliphatic heterocycles. The van der Waals surface area contributed by atoms with Crippen molar-refractivity contribution in [1.29, 1.82) is 0 Å². The van der Waals surface area contributed by atoms with Crippen LogP contribution in [0.15, 0.2) is 65.5 Å². The molecular weight excluding hydrogens is 490 g/mol. The molecule has 1 saturated heterocycles. The maximum atomic E-state index is 12.7. The average molecular weight is 522 g/mol. The van der Waals surface area contributed by atoms with Crippen LogP contribution in [0.4, 0.5) is 4.79 Å². The first-order chi connectivity index (χ1) is 17.6. The highest BCUT2D eigenvalue weighted by atomic mass is 32.1. The van der Waals surface area contributed by atoms with E-state index in [1.165, 1.54) is 4.57 Å². The summed E-state index contributed by atoms with van der Waals surface area (Å²) >= 11 is 5.34.